The number of hydrogen-bond donors (Lipinski definition) is 1. The van der Waals surface area contributed by atoms with Crippen molar-refractivity contribution in [3.63, 3.8) is 0 Å². The summed E-state index contributed by atoms with van der Waals surface area (Å²) in [4.78, 5) is 3.81. The number of aromatic nitrogens is 2. The summed E-state index contributed by atoms with van der Waals surface area (Å²) >= 11 is 0. The molecule has 0 aliphatic rings. The Morgan fingerprint density at radius 3 is 2.40 bits per heavy atom. The number of benzene rings is 1. The molecular weight excluding hydrogens is 200 g/mol. The van der Waals surface area contributed by atoms with Gasteiger partial charge in [0.1, 0.15) is 11.6 Å². The van der Waals surface area contributed by atoms with Gasteiger partial charge in [-0.05, 0) is 17.7 Å². The zero-order chi connectivity index (χ0) is 10.8. The minimum absolute atomic E-state index is 0.306. The predicted octanol–water partition coefficient (Wildman–Crippen LogP) is 1.79. The average molecular weight is 209 g/mol. The van der Waals surface area contributed by atoms with Crippen LogP contribution in [0.4, 0.5) is 14.7 Å². The van der Waals surface area contributed by atoms with Crippen LogP contribution in [-0.2, 0) is 6.54 Å². The zero-order valence-corrected chi connectivity index (χ0v) is 7.82. The van der Waals surface area contributed by atoms with E-state index in [-0.39, 0.29) is 0 Å². The molecule has 1 heterocycles. The topological polar surface area (TPSA) is 43.8 Å². The van der Waals surface area contributed by atoms with Crippen LogP contribution in [-0.4, -0.2) is 9.55 Å². The first-order valence-corrected chi connectivity index (χ1v) is 4.37. The molecule has 2 rings (SSSR count). The third kappa shape index (κ3) is 2.12. The Kier molecular flexibility index (Phi) is 2.37. The van der Waals surface area contributed by atoms with Gasteiger partial charge in [-0.3, -0.25) is 0 Å². The first kappa shape index (κ1) is 9.64. The highest BCUT2D eigenvalue weighted by molar-refractivity contribution is 5.23. The number of nitrogens with zero attached hydrogens (tertiary/aromatic N) is 2. The van der Waals surface area contributed by atoms with Crippen molar-refractivity contribution in [1.82, 2.24) is 9.55 Å². The summed E-state index contributed by atoms with van der Waals surface area (Å²) in [5, 5.41) is 0. The molecule has 2 aromatic rings. The average Bonchev–Trinajstić information content (AvgIpc) is 2.50. The summed E-state index contributed by atoms with van der Waals surface area (Å²) in [6.07, 6.45) is 3.18. The lowest BCUT2D eigenvalue weighted by molar-refractivity contribution is 0.578. The molecule has 0 fully saturated rings. The van der Waals surface area contributed by atoms with E-state index >= 15 is 0 Å². The molecule has 3 nitrogen and oxygen atoms in total. The van der Waals surface area contributed by atoms with Gasteiger partial charge in [0.15, 0.2) is 5.95 Å². The van der Waals surface area contributed by atoms with Crippen LogP contribution < -0.4 is 5.73 Å². The molecule has 1 aromatic heterocycles. The maximum Gasteiger partial charge on any atom is 0.200 e. The van der Waals surface area contributed by atoms with Crippen LogP contribution in [0.25, 0.3) is 0 Å². The molecule has 78 valence electrons. The number of rotatable bonds is 2. The van der Waals surface area contributed by atoms with Crippen molar-refractivity contribution in [3.05, 3.63) is 47.8 Å². The van der Waals surface area contributed by atoms with Gasteiger partial charge in [0.05, 0.1) is 6.54 Å². The summed E-state index contributed by atoms with van der Waals surface area (Å²) in [7, 11) is 0. The van der Waals surface area contributed by atoms with Crippen molar-refractivity contribution < 1.29 is 8.78 Å². The molecule has 0 bridgehead atoms. The van der Waals surface area contributed by atoms with E-state index < -0.39 is 11.6 Å². The van der Waals surface area contributed by atoms with E-state index in [9.17, 15) is 8.78 Å². The Balaban J connectivity index is 2.28. The molecule has 0 aliphatic carbocycles. The van der Waals surface area contributed by atoms with E-state index in [1.165, 1.54) is 18.3 Å². The van der Waals surface area contributed by atoms with Gasteiger partial charge >= 0.3 is 0 Å². The van der Waals surface area contributed by atoms with E-state index in [0.717, 1.165) is 6.07 Å². The highest BCUT2D eigenvalue weighted by Crippen LogP contribution is 2.11. The zero-order valence-electron chi connectivity index (χ0n) is 7.82. The predicted molar refractivity (Wildman–Crippen MR) is 52.1 cm³/mol. The fourth-order valence-electron chi connectivity index (χ4n) is 1.37. The second-order valence-corrected chi connectivity index (χ2v) is 3.19. The Labute approximate surface area is 85.2 Å². The standard InChI is InChI=1S/C10H9F2N3/c11-8-3-7(4-9(12)5-8)6-15-2-1-14-10(15)13/h1-5H,6H2,(H2,13,14). The number of imidazole rings is 1. The van der Waals surface area contributed by atoms with Gasteiger partial charge in [-0.25, -0.2) is 13.8 Å². The molecule has 0 aliphatic heterocycles. The van der Waals surface area contributed by atoms with Crippen LogP contribution in [0.2, 0.25) is 0 Å². The maximum atomic E-state index is 12.9. The molecule has 0 saturated heterocycles. The Bertz CT molecular complexity index is 459. The maximum absolute atomic E-state index is 12.9. The summed E-state index contributed by atoms with van der Waals surface area (Å²) in [6, 6.07) is 3.37. The number of nitrogen functional groups attached to an aromatic ring is 1. The van der Waals surface area contributed by atoms with Gasteiger partial charge in [0, 0.05) is 18.5 Å². The molecule has 0 amide bonds. The van der Waals surface area contributed by atoms with Gasteiger partial charge in [0.25, 0.3) is 0 Å². The van der Waals surface area contributed by atoms with Crippen LogP contribution in [0.5, 0.6) is 0 Å². The van der Waals surface area contributed by atoms with E-state index in [1.807, 2.05) is 0 Å². The van der Waals surface area contributed by atoms with E-state index in [0.29, 0.717) is 18.1 Å². The highest BCUT2D eigenvalue weighted by Gasteiger charge is 2.03. The van der Waals surface area contributed by atoms with Crippen molar-refractivity contribution in [3.8, 4) is 0 Å². The SMILES string of the molecule is Nc1nccn1Cc1cc(F)cc(F)c1. The number of anilines is 1. The summed E-state index contributed by atoms with van der Waals surface area (Å²) < 4.78 is 27.3. The fraction of sp³-hybridized carbons (Fsp3) is 0.100. The van der Waals surface area contributed by atoms with Crippen molar-refractivity contribution >= 4 is 5.95 Å². The number of halogens is 2. The third-order valence-corrected chi connectivity index (χ3v) is 2.02. The highest BCUT2D eigenvalue weighted by atomic mass is 19.1. The number of hydrogen-bond acceptors (Lipinski definition) is 2. The van der Waals surface area contributed by atoms with Crippen molar-refractivity contribution in [2.24, 2.45) is 0 Å². The molecule has 0 radical (unpaired) electrons. The molecule has 1 aromatic carbocycles. The molecule has 0 saturated carbocycles. The van der Waals surface area contributed by atoms with Gasteiger partial charge < -0.3 is 10.3 Å². The van der Waals surface area contributed by atoms with Crippen molar-refractivity contribution in [2.75, 3.05) is 5.73 Å². The molecule has 15 heavy (non-hydrogen) atoms. The van der Waals surface area contributed by atoms with Crippen LogP contribution in [0.1, 0.15) is 5.56 Å². The Morgan fingerprint density at radius 2 is 1.87 bits per heavy atom. The monoisotopic (exact) mass is 209 g/mol. The Hall–Kier alpha value is -1.91. The van der Waals surface area contributed by atoms with Crippen LogP contribution >= 0.6 is 0 Å². The van der Waals surface area contributed by atoms with Crippen LogP contribution in [0, 0.1) is 11.6 Å². The van der Waals surface area contributed by atoms with Gasteiger partial charge in [-0.15, -0.1) is 0 Å². The Morgan fingerprint density at radius 1 is 1.20 bits per heavy atom. The van der Waals surface area contributed by atoms with E-state index in [4.69, 9.17) is 5.73 Å². The minimum Gasteiger partial charge on any atom is -0.369 e. The van der Waals surface area contributed by atoms with E-state index in [2.05, 4.69) is 4.98 Å². The lowest BCUT2D eigenvalue weighted by Gasteiger charge is -2.05. The van der Waals surface area contributed by atoms with Gasteiger partial charge in [-0.1, -0.05) is 0 Å². The normalized spacial score (nSPS) is 10.5. The quantitative estimate of drug-likeness (QED) is 0.819. The first-order chi connectivity index (χ1) is 7.15. The fourth-order valence-corrected chi connectivity index (χ4v) is 1.37. The molecule has 5 heteroatoms. The third-order valence-electron chi connectivity index (χ3n) is 2.02. The molecule has 2 N–H and O–H groups in total. The number of nitrogens with two attached hydrogens (primary N) is 1. The second kappa shape index (κ2) is 3.68. The summed E-state index contributed by atoms with van der Waals surface area (Å²) in [5.74, 6) is -0.868. The van der Waals surface area contributed by atoms with Crippen LogP contribution in [0.15, 0.2) is 30.6 Å². The smallest absolute Gasteiger partial charge is 0.200 e. The molecular formula is C10H9F2N3. The minimum atomic E-state index is -0.594. The largest absolute Gasteiger partial charge is 0.369 e. The van der Waals surface area contributed by atoms with Crippen LogP contribution in [0.3, 0.4) is 0 Å². The van der Waals surface area contributed by atoms with Crippen molar-refractivity contribution in [2.45, 2.75) is 6.54 Å². The molecule has 0 atom stereocenters. The van der Waals surface area contributed by atoms with Crippen molar-refractivity contribution in [1.29, 1.82) is 0 Å². The lowest BCUT2D eigenvalue weighted by atomic mass is 10.2. The first-order valence-electron chi connectivity index (χ1n) is 4.37. The summed E-state index contributed by atoms with van der Waals surface area (Å²) in [5.41, 5.74) is 6.04. The molecule has 0 spiro atoms. The van der Waals surface area contributed by atoms with E-state index in [1.54, 1.807) is 10.8 Å². The van der Waals surface area contributed by atoms with Gasteiger partial charge in [0.2, 0.25) is 0 Å². The summed E-state index contributed by atoms with van der Waals surface area (Å²) in [6.45, 7) is 0.306. The molecule has 0 unspecified atom stereocenters. The van der Waals surface area contributed by atoms with Gasteiger partial charge in [-0.2, -0.15) is 0 Å². The lowest BCUT2D eigenvalue weighted by Crippen LogP contribution is -2.04. The second-order valence-electron chi connectivity index (χ2n) is 3.19.